The van der Waals surface area contributed by atoms with Gasteiger partial charge in [0.05, 0.1) is 6.54 Å². The fourth-order valence-corrected chi connectivity index (χ4v) is 0.291. The molecule has 0 unspecified atom stereocenters. The number of aliphatic carboxylic acids is 1. The van der Waals surface area contributed by atoms with E-state index in [2.05, 4.69) is 5.32 Å². The van der Waals surface area contributed by atoms with Crippen LogP contribution in [0.5, 0.6) is 0 Å². The van der Waals surface area contributed by atoms with E-state index in [4.69, 9.17) is 5.11 Å². The minimum Gasteiger partial charge on any atom is -0.480 e. The van der Waals surface area contributed by atoms with E-state index in [0.29, 0.717) is 0 Å². The first-order valence-corrected chi connectivity index (χ1v) is 2.58. The van der Waals surface area contributed by atoms with Gasteiger partial charge in [-0.15, -0.1) is 0 Å². The molecule has 0 atom stereocenters. The third-order valence-corrected chi connectivity index (χ3v) is 0.662. The molecule has 0 saturated heterocycles. The minimum atomic E-state index is -0.807. The van der Waals surface area contributed by atoms with E-state index in [9.17, 15) is 4.79 Å². The number of rotatable bonds is 3. The molecule has 53 valence electrons. The van der Waals surface area contributed by atoms with Crippen molar-refractivity contribution in [3.63, 3.8) is 0 Å². The molecule has 0 bridgehead atoms. The lowest BCUT2D eigenvalue weighted by Gasteiger charge is -2.02. The van der Waals surface area contributed by atoms with Gasteiger partial charge in [0.2, 0.25) is 0 Å². The highest BCUT2D eigenvalue weighted by Crippen LogP contribution is 1.72. The van der Waals surface area contributed by atoms with Gasteiger partial charge in [0.25, 0.3) is 0 Å². The SMILES string of the molecule is CC(C)NCC(=O)O.[N]. The first kappa shape index (κ1) is 11.2. The molecule has 0 aliphatic carbocycles. The molecular formula is C5H11N2O2. The number of carboxylic acids is 1. The van der Waals surface area contributed by atoms with Crippen LogP contribution in [0.3, 0.4) is 0 Å². The number of nitrogens with one attached hydrogen (secondary N) is 1. The maximum absolute atomic E-state index is 9.84. The highest BCUT2D eigenvalue weighted by Gasteiger charge is 1.95. The minimum absolute atomic E-state index is 0. The van der Waals surface area contributed by atoms with Crippen molar-refractivity contribution in [2.75, 3.05) is 6.54 Å². The average Bonchev–Trinajstić information content (AvgIpc) is 1.61. The number of carboxylic acid groups (broad SMARTS) is 1. The zero-order valence-electron chi connectivity index (χ0n) is 5.59. The third kappa shape index (κ3) is 11.1. The van der Waals surface area contributed by atoms with E-state index in [1.54, 1.807) is 0 Å². The summed E-state index contributed by atoms with van der Waals surface area (Å²) in [6, 6.07) is 0.256. The van der Waals surface area contributed by atoms with Crippen LogP contribution in [-0.2, 0) is 4.79 Å². The predicted octanol–water partition coefficient (Wildman–Crippen LogP) is -0.412. The molecule has 0 amide bonds. The molecule has 0 rings (SSSR count). The summed E-state index contributed by atoms with van der Waals surface area (Å²) in [5, 5.41) is 10.8. The van der Waals surface area contributed by atoms with Crippen molar-refractivity contribution < 1.29 is 9.90 Å². The van der Waals surface area contributed by atoms with Crippen molar-refractivity contribution in [1.29, 1.82) is 0 Å². The highest BCUT2D eigenvalue weighted by atomic mass is 16.4. The molecule has 3 radical (unpaired) electrons. The normalized spacial score (nSPS) is 8.78. The maximum Gasteiger partial charge on any atom is 0.317 e. The van der Waals surface area contributed by atoms with E-state index < -0.39 is 5.97 Å². The van der Waals surface area contributed by atoms with Crippen molar-refractivity contribution in [2.24, 2.45) is 0 Å². The summed E-state index contributed by atoms with van der Waals surface area (Å²) in [5.41, 5.74) is 0. The van der Waals surface area contributed by atoms with Crippen molar-refractivity contribution in [1.82, 2.24) is 11.5 Å². The molecule has 0 aliphatic rings. The smallest absolute Gasteiger partial charge is 0.317 e. The molecule has 0 fully saturated rings. The summed E-state index contributed by atoms with van der Waals surface area (Å²) >= 11 is 0. The average molecular weight is 131 g/mol. The molecule has 0 aromatic rings. The van der Waals surface area contributed by atoms with Gasteiger partial charge < -0.3 is 10.4 Å². The van der Waals surface area contributed by atoms with E-state index in [-0.39, 0.29) is 18.7 Å². The van der Waals surface area contributed by atoms with Gasteiger partial charge in [0.1, 0.15) is 0 Å². The van der Waals surface area contributed by atoms with Crippen molar-refractivity contribution in [3.05, 3.63) is 0 Å². The predicted molar refractivity (Wildman–Crippen MR) is 32.9 cm³/mol. The summed E-state index contributed by atoms with van der Waals surface area (Å²) in [4.78, 5) is 9.84. The number of hydrogen-bond donors (Lipinski definition) is 2. The summed E-state index contributed by atoms with van der Waals surface area (Å²) in [5.74, 6) is -0.807. The van der Waals surface area contributed by atoms with Gasteiger partial charge >= 0.3 is 5.97 Å². The molecule has 0 aliphatic heterocycles. The van der Waals surface area contributed by atoms with Crippen LogP contribution >= 0.6 is 0 Å². The Morgan fingerprint density at radius 3 is 2.22 bits per heavy atom. The monoisotopic (exact) mass is 131 g/mol. The molecule has 2 N–H and O–H groups in total. The van der Waals surface area contributed by atoms with E-state index >= 15 is 0 Å². The van der Waals surface area contributed by atoms with Gasteiger partial charge in [-0.05, 0) is 0 Å². The van der Waals surface area contributed by atoms with Gasteiger partial charge in [-0.1, -0.05) is 13.8 Å². The van der Waals surface area contributed by atoms with Gasteiger partial charge in [-0.3, -0.25) is 4.79 Å². The molecule has 0 aromatic heterocycles. The molecule has 9 heavy (non-hydrogen) atoms. The Morgan fingerprint density at radius 2 is 2.11 bits per heavy atom. The second-order valence-corrected chi connectivity index (χ2v) is 1.93. The molecule has 0 spiro atoms. The molecule has 0 heterocycles. The second kappa shape index (κ2) is 5.53. The standard InChI is InChI=1S/C5H11NO2.N/c1-4(2)6-3-5(7)8;/h4,6H,3H2,1-2H3,(H,7,8);. The van der Waals surface area contributed by atoms with Gasteiger partial charge in [-0.2, -0.15) is 0 Å². The van der Waals surface area contributed by atoms with Crippen LogP contribution in [0.15, 0.2) is 0 Å². The van der Waals surface area contributed by atoms with E-state index in [1.165, 1.54) is 0 Å². The van der Waals surface area contributed by atoms with E-state index in [1.807, 2.05) is 13.8 Å². The first-order valence-electron chi connectivity index (χ1n) is 2.58. The molecule has 0 aromatic carbocycles. The quantitative estimate of drug-likeness (QED) is 0.546. The summed E-state index contributed by atoms with van der Waals surface area (Å²) in [6.45, 7) is 3.86. The largest absolute Gasteiger partial charge is 0.480 e. The lowest BCUT2D eigenvalue weighted by molar-refractivity contribution is -0.136. The van der Waals surface area contributed by atoms with Crippen LogP contribution in [0, 0.1) is 0 Å². The number of carbonyl (C=O) groups is 1. The Kier molecular flexibility index (Phi) is 6.89. The third-order valence-electron chi connectivity index (χ3n) is 0.662. The Morgan fingerprint density at radius 1 is 1.67 bits per heavy atom. The Balaban J connectivity index is 0. The fraction of sp³-hybridized carbons (Fsp3) is 0.800. The van der Waals surface area contributed by atoms with Crippen LogP contribution in [0.2, 0.25) is 0 Å². The summed E-state index contributed by atoms with van der Waals surface area (Å²) in [7, 11) is 0. The molecule has 4 nitrogen and oxygen atoms in total. The van der Waals surface area contributed by atoms with Crippen LogP contribution in [0.25, 0.3) is 0 Å². The van der Waals surface area contributed by atoms with Crippen LogP contribution in [0.1, 0.15) is 13.8 Å². The van der Waals surface area contributed by atoms with Crippen LogP contribution in [-0.4, -0.2) is 23.7 Å². The summed E-state index contributed by atoms with van der Waals surface area (Å²) in [6.07, 6.45) is 0. The zero-order valence-corrected chi connectivity index (χ0v) is 5.59. The maximum atomic E-state index is 9.84. The van der Waals surface area contributed by atoms with Gasteiger partial charge in [-0.25, -0.2) is 0 Å². The molecule has 4 heteroatoms. The van der Waals surface area contributed by atoms with Gasteiger partial charge in [0, 0.05) is 12.2 Å². The Labute approximate surface area is 54.8 Å². The Hall–Kier alpha value is -0.610. The van der Waals surface area contributed by atoms with Crippen molar-refractivity contribution >= 4 is 5.97 Å². The van der Waals surface area contributed by atoms with Crippen LogP contribution in [0.4, 0.5) is 0 Å². The van der Waals surface area contributed by atoms with Crippen LogP contribution < -0.4 is 11.5 Å². The molecular weight excluding hydrogens is 120 g/mol. The van der Waals surface area contributed by atoms with Gasteiger partial charge in [0.15, 0.2) is 0 Å². The van der Waals surface area contributed by atoms with E-state index in [0.717, 1.165) is 0 Å². The lowest BCUT2D eigenvalue weighted by atomic mass is 10.4. The molecule has 0 saturated carbocycles. The van der Waals surface area contributed by atoms with Crippen molar-refractivity contribution in [3.8, 4) is 0 Å². The number of hydrogen-bond acceptors (Lipinski definition) is 2. The summed E-state index contributed by atoms with van der Waals surface area (Å²) < 4.78 is 0. The zero-order chi connectivity index (χ0) is 6.57. The first-order chi connectivity index (χ1) is 3.63. The number of nitrogens with zero attached hydrogens (tertiary/aromatic N) is 1. The second-order valence-electron chi connectivity index (χ2n) is 1.93. The lowest BCUT2D eigenvalue weighted by Crippen LogP contribution is -2.28. The van der Waals surface area contributed by atoms with Crippen molar-refractivity contribution in [2.45, 2.75) is 19.9 Å². The topological polar surface area (TPSA) is 79.8 Å². The Bertz CT molecular complexity index is 83.0. The highest BCUT2D eigenvalue weighted by molar-refractivity contribution is 5.69. The fourth-order valence-electron chi connectivity index (χ4n) is 0.291.